The van der Waals surface area contributed by atoms with Gasteiger partial charge < -0.3 is 19.1 Å². The zero-order valence-electron chi connectivity index (χ0n) is 15.7. The smallest absolute Gasteiger partial charge is 0.410 e. The molecule has 2 aliphatic rings. The summed E-state index contributed by atoms with van der Waals surface area (Å²) in [4.78, 5) is 18.9. The van der Waals surface area contributed by atoms with Crippen LogP contribution in [0.2, 0.25) is 0 Å². The summed E-state index contributed by atoms with van der Waals surface area (Å²) in [6.45, 7) is 5.67. The van der Waals surface area contributed by atoms with Crippen LogP contribution in [0.3, 0.4) is 0 Å². The van der Waals surface area contributed by atoms with Crippen molar-refractivity contribution in [3.63, 3.8) is 0 Å². The van der Waals surface area contributed by atoms with Crippen molar-refractivity contribution in [2.45, 2.75) is 76.2 Å². The Labute approximate surface area is 153 Å². The number of pyridine rings is 1. The fourth-order valence-electron chi connectivity index (χ4n) is 4.47. The molecule has 1 N–H and O–H groups in total. The minimum absolute atomic E-state index is 0.0147. The highest BCUT2D eigenvalue weighted by molar-refractivity contribution is 5.69. The highest BCUT2D eigenvalue weighted by Crippen LogP contribution is 2.44. The van der Waals surface area contributed by atoms with Crippen LogP contribution in [-0.4, -0.2) is 43.2 Å². The Bertz CT molecular complexity index is 809. The molecule has 6 heteroatoms. The van der Waals surface area contributed by atoms with Gasteiger partial charge in [0, 0.05) is 49.1 Å². The maximum Gasteiger partial charge on any atom is 0.410 e. The molecule has 4 rings (SSSR count). The van der Waals surface area contributed by atoms with E-state index < -0.39 is 11.2 Å². The van der Waals surface area contributed by atoms with Gasteiger partial charge in [0.05, 0.1) is 5.60 Å². The van der Waals surface area contributed by atoms with Gasteiger partial charge in [-0.25, -0.2) is 9.78 Å². The number of aromatic nitrogens is 2. The van der Waals surface area contributed by atoms with E-state index in [9.17, 15) is 9.90 Å². The van der Waals surface area contributed by atoms with Crippen molar-refractivity contribution in [1.29, 1.82) is 0 Å². The second-order valence-corrected chi connectivity index (χ2v) is 8.68. The van der Waals surface area contributed by atoms with E-state index in [1.54, 1.807) is 6.20 Å². The van der Waals surface area contributed by atoms with Crippen molar-refractivity contribution in [1.82, 2.24) is 14.3 Å². The van der Waals surface area contributed by atoms with Gasteiger partial charge in [0.1, 0.15) is 11.2 Å². The molecule has 0 aliphatic carbocycles. The minimum Gasteiger partial charge on any atom is -0.444 e. The number of hydrogen-bond donors (Lipinski definition) is 1. The molecule has 1 amide bonds. The van der Waals surface area contributed by atoms with Gasteiger partial charge in [-0.2, -0.15) is 0 Å². The number of hydrogen-bond acceptors (Lipinski definition) is 4. The SMILES string of the molecule is CC(C)(C)OC(=O)N1C2CCCC1CC(O)(c1ccc3nccn3c1)C2. The van der Waals surface area contributed by atoms with Crippen molar-refractivity contribution < 1.29 is 14.6 Å². The van der Waals surface area contributed by atoms with Crippen LogP contribution in [0.25, 0.3) is 5.65 Å². The summed E-state index contributed by atoms with van der Waals surface area (Å²) in [7, 11) is 0. The average molecular weight is 357 g/mol. The molecule has 2 atom stereocenters. The number of aliphatic hydroxyl groups is 1. The number of nitrogens with zero attached hydrogens (tertiary/aromatic N) is 3. The summed E-state index contributed by atoms with van der Waals surface area (Å²) < 4.78 is 7.56. The monoisotopic (exact) mass is 357 g/mol. The topological polar surface area (TPSA) is 67.1 Å². The van der Waals surface area contributed by atoms with Gasteiger partial charge >= 0.3 is 6.09 Å². The normalized spacial score (nSPS) is 29.0. The standard InChI is InChI=1S/C20H27N3O3/c1-19(2,3)26-18(24)23-15-5-4-6-16(23)12-20(25,11-15)14-7-8-17-21-9-10-22(17)13-14/h7-10,13,15-16,25H,4-6,11-12H2,1-3H3. The summed E-state index contributed by atoms with van der Waals surface area (Å²) in [5.41, 5.74) is 0.325. The number of imidazole rings is 1. The maximum atomic E-state index is 12.7. The molecule has 2 fully saturated rings. The van der Waals surface area contributed by atoms with E-state index in [1.807, 2.05) is 54.6 Å². The zero-order valence-corrected chi connectivity index (χ0v) is 15.7. The van der Waals surface area contributed by atoms with Gasteiger partial charge in [-0.3, -0.25) is 0 Å². The average Bonchev–Trinajstić information content (AvgIpc) is 2.99. The molecule has 2 saturated heterocycles. The van der Waals surface area contributed by atoms with Crippen LogP contribution in [0, 0.1) is 0 Å². The first-order chi connectivity index (χ1) is 12.3. The van der Waals surface area contributed by atoms with Gasteiger partial charge in [0.2, 0.25) is 0 Å². The van der Waals surface area contributed by atoms with Gasteiger partial charge in [-0.1, -0.05) is 6.07 Å². The molecule has 140 valence electrons. The lowest BCUT2D eigenvalue weighted by Gasteiger charge is -2.51. The second kappa shape index (κ2) is 5.98. The van der Waals surface area contributed by atoms with Crippen LogP contribution in [0.5, 0.6) is 0 Å². The second-order valence-electron chi connectivity index (χ2n) is 8.68. The Morgan fingerprint density at radius 3 is 2.62 bits per heavy atom. The minimum atomic E-state index is -0.924. The van der Waals surface area contributed by atoms with Gasteiger partial charge in [0.25, 0.3) is 0 Å². The first-order valence-electron chi connectivity index (χ1n) is 9.42. The van der Waals surface area contributed by atoms with Crippen LogP contribution < -0.4 is 0 Å². The molecule has 0 radical (unpaired) electrons. The Morgan fingerprint density at radius 2 is 1.96 bits per heavy atom. The molecule has 26 heavy (non-hydrogen) atoms. The van der Waals surface area contributed by atoms with E-state index in [0.717, 1.165) is 30.5 Å². The number of piperidine rings is 2. The molecule has 2 aliphatic heterocycles. The molecule has 0 aromatic carbocycles. The van der Waals surface area contributed by atoms with Crippen molar-refractivity contribution >= 4 is 11.7 Å². The third-order valence-electron chi connectivity index (χ3n) is 5.54. The molecule has 4 heterocycles. The fraction of sp³-hybridized carbons (Fsp3) is 0.600. The number of fused-ring (bicyclic) bond motifs is 3. The van der Waals surface area contributed by atoms with Crippen molar-refractivity contribution in [3.8, 4) is 0 Å². The van der Waals surface area contributed by atoms with E-state index >= 15 is 0 Å². The largest absolute Gasteiger partial charge is 0.444 e. The quantitative estimate of drug-likeness (QED) is 0.848. The Morgan fingerprint density at radius 1 is 1.27 bits per heavy atom. The van der Waals surface area contributed by atoms with Crippen molar-refractivity contribution in [2.24, 2.45) is 0 Å². The lowest BCUT2D eigenvalue weighted by atomic mass is 9.73. The molecule has 2 bridgehead atoms. The molecule has 0 saturated carbocycles. The van der Waals surface area contributed by atoms with Crippen LogP contribution in [0.1, 0.15) is 58.4 Å². The van der Waals surface area contributed by atoms with Crippen molar-refractivity contribution in [2.75, 3.05) is 0 Å². The molecule has 2 aromatic rings. The number of ether oxygens (including phenoxy) is 1. The van der Waals surface area contributed by atoms with Gasteiger partial charge in [0.15, 0.2) is 0 Å². The van der Waals surface area contributed by atoms with Crippen LogP contribution >= 0.6 is 0 Å². The third-order valence-corrected chi connectivity index (χ3v) is 5.54. The molecular formula is C20H27N3O3. The van der Waals surface area contributed by atoms with E-state index in [-0.39, 0.29) is 18.2 Å². The summed E-state index contributed by atoms with van der Waals surface area (Å²) in [6, 6.07) is 3.92. The fourth-order valence-corrected chi connectivity index (χ4v) is 4.47. The van der Waals surface area contributed by atoms with Crippen LogP contribution in [0.4, 0.5) is 4.79 Å². The first-order valence-corrected chi connectivity index (χ1v) is 9.42. The number of carbonyl (C=O) groups is 1. The third kappa shape index (κ3) is 3.07. The van der Waals surface area contributed by atoms with E-state index in [0.29, 0.717) is 12.8 Å². The Kier molecular flexibility index (Phi) is 3.99. The van der Waals surface area contributed by atoms with Gasteiger partial charge in [-0.05, 0) is 46.1 Å². The lowest BCUT2D eigenvalue weighted by molar-refractivity contribution is -0.0966. The number of rotatable bonds is 1. The number of amides is 1. The summed E-state index contributed by atoms with van der Waals surface area (Å²) in [5, 5.41) is 11.5. The van der Waals surface area contributed by atoms with Crippen LogP contribution in [-0.2, 0) is 10.3 Å². The summed E-state index contributed by atoms with van der Waals surface area (Å²) in [6.07, 6.45) is 9.34. The number of carbonyl (C=O) groups excluding carboxylic acids is 1. The molecule has 0 spiro atoms. The van der Waals surface area contributed by atoms with Crippen molar-refractivity contribution in [3.05, 3.63) is 36.3 Å². The molecular weight excluding hydrogens is 330 g/mol. The highest BCUT2D eigenvalue weighted by Gasteiger charge is 2.49. The lowest BCUT2D eigenvalue weighted by Crippen LogP contribution is -2.59. The van der Waals surface area contributed by atoms with Gasteiger partial charge in [-0.15, -0.1) is 0 Å². The van der Waals surface area contributed by atoms with E-state index in [1.165, 1.54) is 0 Å². The Hall–Kier alpha value is -2.08. The maximum absolute atomic E-state index is 12.7. The highest BCUT2D eigenvalue weighted by atomic mass is 16.6. The van der Waals surface area contributed by atoms with Crippen LogP contribution in [0.15, 0.2) is 30.7 Å². The summed E-state index contributed by atoms with van der Waals surface area (Å²) >= 11 is 0. The van der Waals surface area contributed by atoms with E-state index in [2.05, 4.69) is 4.98 Å². The first kappa shape index (κ1) is 17.3. The van der Waals surface area contributed by atoms with E-state index in [4.69, 9.17) is 4.74 Å². The predicted octanol–water partition coefficient (Wildman–Crippen LogP) is 3.47. The zero-order chi connectivity index (χ0) is 18.5. The predicted molar refractivity (Wildman–Crippen MR) is 97.8 cm³/mol. The summed E-state index contributed by atoms with van der Waals surface area (Å²) in [5.74, 6) is 0. The molecule has 6 nitrogen and oxygen atoms in total. The molecule has 2 aromatic heterocycles. The molecule has 2 unspecified atom stereocenters. The Balaban J connectivity index is 1.61.